The summed E-state index contributed by atoms with van der Waals surface area (Å²) in [5.74, 6) is 0. The smallest absolute Gasteiger partial charge is 0.126 e. The van der Waals surface area contributed by atoms with Gasteiger partial charge in [-0.3, -0.25) is 4.90 Å². The lowest BCUT2D eigenvalue weighted by Crippen LogP contribution is -2.41. The van der Waals surface area contributed by atoms with E-state index in [0.717, 1.165) is 13.1 Å². The minimum Gasteiger partial charge on any atom is -0.365 e. The molecule has 0 aromatic rings. The van der Waals surface area contributed by atoms with E-state index in [1.165, 1.54) is 0 Å². The Bertz CT molecular complexity index is 97.1. The van der Waals surface area contributed by atoms with E-state index in [-0.39, 0.29) is 24.0 Å². The number of ether oxygens (including phenoxy) is 1. The number of rotatable bonds is 5. The molecule has 0 radical (unpaired) electrons. The first-order chi connectivity index (χ1) is 5.17. The summed E-state index contributed by atoms with van der Waals surface area (Å²) >= 11 is 5.93. The summed E-state index contributed by atoms with van der Waals surface area (Å²) in [6.07, 6.45) is 0.0478. The van der Waals surface area contributed by atoms with Crippen LogP contribution in [0.4, 0.5) is 0 Å². The van der Waals surface area contributed by atoms with Gasteiger partial charge in [0.1, 0.15) is 6.23 Å². The molecule has 0 amide bonds. The van der Waals surface area contributed by atoms with Crippen LogP contribution >= 0.6 is 24.0 Å². The summed E-state index contributed by atoms with van der Waals surface area (Å²) in [4.78, 5) is 2.19. The molecule has 0 saturated carbocycles. The Morgan fingerprint density at radius 1 is 1.33 bits per heavy atom. The highest BCUT2D eigenvalue weighted by atomic mass is 35.5. The zero-order chi connectivity index (χ0) is 8.85. The van der Waals surface area contributed by atoms with E-state index in [1.54, 1.807) is 7.11 Å². The van der Waals surface area contributed by atoms with Crippen LogP contribution in [0.1, 0.15) is 20.8 Å². The molecule has 0 aliphatic rings. The fourth-order valence-electron chi connectivity index (χ4n) is 1.21. The average molecular weight is 216 g/mol. The van der Waals surface area contributed by atoms with Crippen molar-refractivity contribution in [2.24, 2.45) is 0 Å². The molecule has 12 heavy (non-hydrogen) atoms. The van der Waals surface area contributed by atoms with Crippen molar-refractivity contribution < 1.29 is 4.74 Å². The van der Waals surface area contributed by atoms with Gasteiger partial charge < -0.3 is 4.74 Å². The van der Waals surface area contributed by atoms with Gasteiger partial charge in [0.2, 0.25) is 0 Å². The zero-order valence-electron chi connectivity index (χ0n) is 8.21. The Balaban J connectivity index is 0. The lowest BCUT2D eigenvalue weighted by Gasteiger charge is -2.29. The number of alkyl halides is 1. The predicted molar refractivity (Wildman–Crippen MR) is 56.3 cm³/mol. The van der Waals surface area contributed by atoms with E-state index in [4.69, 9.17) is 16.3 Å². The fourth-order valence-corrected chi connectivity index (χ4v) is 1.47. The maximum Gasteiger partial charge on any atom is 0.126 e. The molecule has 0 aromatic carbocycles. The largest absolute Gasteiger partial charge is 0.365 e. The predicted octanol–water partition coefficient (Wildman–Crippen LogP) is 2.35. The van der Waals surface area contributed by atoms with Crippen molar-refractivity contribution in [1.82, 2.24) is 4.90 Å². The van der Waals surface area contributed by atoms with E-state index in [2.05, 4.69) is 18.7 Å². The molecule has 0 aliphatic carbocycles. The molecule has 0 bridgehead atoms. The Kier molecular flexibility index (Phi) is 10.1. The van der Waals surface area contributed by atoms with Gasteiger partial charge in [0.25, 0.3) is 0 Å². The minimum atomic E-state index is 0. The van der Waals surface area contributed by atoms with Crippen LogP contribution in [0.15, 0.2) is 0 Å². The molecule has 0 spiro atoms. The van der Waals surface area contributed by atoms with Gasteiger partial charge in [0, 0.05) is 7.11 Å². The van der Waals surface area contributed by atoms with Crippen LogP contribution in [0.2, 0.25) is 0 Å². The zero-order valence-corrected chi connectivity index (χ0v) is 9.78. The third-order valence-electron chi connectivity index (χ3n) is 1.81. The number of hydrogen-bond donors (Lipinski definition) is 0. The van der Waals surface area contributed by atoms with Crippen molar-refractivity contribution in [3.63, 3.8) is 0 Å². The van der Waals surface area contributed by atoms with E-state index in [9.17, 15) is 0 Å². The summed E-state index contributed by atoms with van der Waals surface area (Å²) in [6, 6.07) is 0. The van der Waals surface area contributed by atoms with Crippen molar-refractivity contribution in [3.8, 4) is 0 Å². The van der Waals surface area contributed by atoms with Gasteiger partial charge in [-0.1, -0.05) is 13.8 Å². The molecular formula is C8H19Cl2NO. The Morgan fingerprint density at radius 2 is 1.75 bits per heavy atom. The van der Waals surface area contributed by atoms with Gasteiger partial charge in [-0.2, -0.15) is 0 Å². The van der Waals surface area contributed by atoms with Crippen molar-refractivity contribution in [3.05, 3.63) is 0 Å². The van der Waals surface area contributed by atoms with Crippen LogP contribution in [-0.4, -0.2) is 36.7 Å². The Morgan fingerprint density at radius 3 is 1.83 bits per heavy atom. The first-order valence-electron chi connectivity index (χ1n) is 4.08. The number of halogens is 2. The Labute approximate surface area is 86.6 Å². The second kappa shape index (κ2) is 8.11. The van der Waals surface area contributed by atoms with E-state index in [0.29, 0.717) is 0 Å². The molecular weight excluding hydrogens is 197 g/mol. The summed E-state index contributed by atoms with van der Waals surface area (Å²) in [5, 5.41) is 0.0416. The number of methoxy groups -OCH3 is 1. The van der Waals surface area contributed by atoms with Crippen molar-refractivity contribution >= 4 is 24.0 Å². The van der Waals surface area contributed by atoms with E-state index < -0.39 is 0 Å². The van der Waals surface area contributed by atoms with Crippen LogP contribution in [0.3, 0.4) is 0 Å². The molecule has 0 N–H and O–H groups in total. The van der Waals surface area contributed by atoms with Crippen molar-refractivity contribution in [2.75, 3.05) is 20.2 Å². The maximum absolute atomic E-state index is 5.93. The van der Waals surface area contributed by atoms with Crippen LogP contribution in [0.5, 0.6) is 0 Å². The van der Waals surface area contributed by atoms with Crippen LogP contribution < -0.4 is 0 Å². The van der Waals surface area contributed by atoms with Crippen LogP contribution in [0.25, 0.3) is 0 Å². The van der Waals surface area contributed by atoms with Gasteiger partial charge in [0.05, 0.1) is 5.38 Å². The van der Waals surface area contributed by atoms with Gasteiger partial charge in [0.15, 0.2) is 0 Å². The first kappa shape index (κ1) is 15.0. The summed E-state index contributed by atoms with van der Waals surface area (Å²) in [7, 11) is 1.70. The number of nitrogens with zero attached hydrogens (tertiary/aromatic N) is 1. The van der Waals surface area contributed by atoms with Gasteiger partial charge in [-0.15, -0.1) is 24.0 Å². The van der Waals surface area contributed by atoms with Gasteiger partial charge in [-0.25, -0.2) is 0 Å². The lowest BCUT2D eigenvalue weighted by molar-refractivity contribution is -0.0262. The third kappa shape index (κ3) is 4.51. The molecule has 0 fully saturated rings. The molecule has 0 saturated heterocycles. The molecule has 0 rings (SSSR count). The summed E-state index contributed by atoms with van der Waals surface area (Å²) < 4.78 is 5.25. The molecule has 4 heteroatoms. The Hall–Kier alpha value is 0.500. The molecule has 2 unspecified atom stereocenters. The normalized spacial score (nSPS) is 15.5. The highest BCUT2D eigenvalue weighted by Gasteiger charge is 2.19. The molecule has 0 aliphatic heterocycles. The maximum atomic E-state index is 5.93. The quantitative estimate of drug-likeness (QED) is 0.516. The minimum absolute atomic E-state index is 0. The highest BCUT2D eigenvalue weighted by molar-refractivity contribution is 6.20. The molecule has 0 heterocycles. The molecule has 0 aromatic heterocycles. The van der Waals surface area contributed by atoms with E-state index >= 15 is 0 Å². The number of hydrogen-bond acceptors (Lipinski definition) is 2. The molecule has 2 nitrogen and oxygen atoms in total. The summed E-state index contributed by atoms with van der Waals surface area (Å²) in [6.45, 7) is 8.12. The standard InChI is InChI=1S/C8H18ClNO.ClH/c1-5-10(6-2)8(11-4)7(3)9;/h7-8H,5-6H2,1-4H3;1H. The second-order valence-corrected chi connectivity index (χ2v) is 3.21. The van der Waals surface area contributed by atoms with Gasteiger partial charge in [-0.05, 0) is 20.0 Å². The van der Waals surface area contributed by atoms with Crippen molar-refractivity contribution in [2.45, 2.75) is 32.4 Å². The fraction of sp³-hybridized carbons (Fsp3) is 1.00. The third-order valence-corrected chi connectivity index (χ3v) is 2.02. The van der Waals surface area contributed by atoms with Crippen LogP contribution in [-0.2, 0) is 4.74 Å². The van der Waals surface area contributed by atoms with E-state index in [1.807, 2.05) is 6.92 Å². The molecule has 76 valence electrons. The van der Waals surface area contributed by atoms with Crippen molar-refractivity contribution in [1.29, 1.82) is 0 Å². The summed E-state index contributed by atoms with van der Waals surface area (Å²) in [5.41, 5.74) is 0. The first-order valence-corrected chi connectivity index (χ1v) is 4.51. The van der Waals surface area contributed by atoms with Gasteiger partial charge >= 0.3 is 0 Å². The lowest BCUT2D eigenvalue weighted by atomic mass is 10.3. The van der Waals surface area contributed by atoms with Crippen LogP contribution in [0, 0.1) is 0 Å². The second-order valence-electron chi connectivity index (χ2n) is 2.53. The molecule has 2 atom stereocenters. The SMILES string of the molecule is CCN(CC)C(OC)C(C)Cl.Cl. The topological polar surface area (TPSA) is 12.5 Å². The monoisotopic (exact) mass is 215 g/mol. The highest BCUT2D eigenvalue weighted by Crippen LogP contribution is 2.10. The average Bonchev–Trinajstić information content (AvgIpc) is 1.99.